The van der Waals surface area contributed by atoms with Gasteiger partial charge in [0.15, 0.2) is 29.3 Å². The quantitative estimate of drug-likeness (QED) is 0.896. The highest BCUT2D eigenvalue weighted by atomic mass is 16.6. The average molecular weight is 358 g/mol. The summed E-state index contributed by atoms with van der Waals surface area (Å²) in [5.41, 5.74) is 0.894. The summed E-state index contributed by atoms with van der Waals surface area (Å²) in [6, 6.07) is 5.34. The van der Waals surface area contributed by atoms with Crippen molar-refractivity contribution in [2.24, 2.45) is 5.92 Å². The lowest BCUT2D eigenvalue weighted by molar-refractivity contribution is -0.143. The van der Waals surface area contributed by atoms with Crippen molar-refractivity contribution < 1.29 is 28.6 Å². The number of carboxylic acids is 1. The van der Waals surface area contributed by atoms with E-state index in [0.29, 0.717) is 62.0 Å². The first-order chi connectivity index (χ1) is 12.6. The Morgan fingerprint density at radius 3 is 2.58 bits per heavy atom. The van der Waals surface area contributed by atoms with E-state index < -0.39 is 11.9 Å². The minimum Gasteiger partial charge on any atom is -0.486 e. The molecule has 1 N–H and O–H groups in total. The molecule has 0 radical (unpaired) electrons. The van der Waals surface area contributed by atoms with Crippen molar-refractivity contribution in [2.45, 2.75) is 12.8 Å². The molecule has 0 aliphatic carbocycles. The molecule has 136 valence electrons. The number of hydrogen-bond acceptors (Lipinski definition) is 6. The third kappa shape index (κ3) is 2.98. The van der Waals surface area contributed by atoms with Crippen LogP contribution in [0.15, 0.2) is 29.0 Å². The molecule has 3 heterocycles. The van der Waals surface area contributed by atoms with Gasteiger partial charge in [-0.15, -0.1) is 0 Å². The molecule has 1 saturated heterocycles. The molecule has 1 amide bonds. The highest BCUT2D eigenvalue weighted by Gasteiger charge is 2.30. The lowest BCUT2D eigenvalue weighted by Crippen LogP contribution is -2.40. The molecule has 1 fully saturated rings. The number of piperidine rings is 1. The average Bonchev–Trinajstić information content (AvgIpc) is 3.17. The fourth-order valence-corrected chi connectivity index (χ4v) is 3.27. The zero-order valence-corrected chi connectivity index (χ0v) is 14.0. The van der Waals surface area contributed by atoms with Crippen molar-refractivity contribution in [1.29, 1.82) is 0 Å². The molecule has 8 nitrogen and oxygen atoms in total. The maximum Gasteiger partial charge on any atom is 0.306 e. The number of benzene rings is 1. The van der Waals surface area contributed by atoms with E-state index in [-0.39, 0.29) is 11.6 Å². The van der Waals surface area contributed by atoms with E-state index in [4.69, 9.17) is 19.0 Å². The molecule has 0 spiro atoms. The lowest BCUT2D eigenvalue weighted by atomic mass is 9.97. The molecule has 26 heavy (non-hydrogen) atoms. The largest absolute Gasteiger partial charge is 0.486 e. The van der Waals surface area contributed by atoms with Gasteiger partial charge in [-0.25, -0.2) is 4.98 Å². The Bertz CT molecular complexity index is 838. The maximum absolute atomic E-state index is 12.8. The van der Waals surface area contributed by atoms with Gasteiger partial charge >= 0.3 is 5.97 Å². The summed E-state index contributed by atoms with van der Waals surface area (Å²) in [4.78, 5) is 29.6. The van der Waals surface area contributed by atoms with Crippen molar-refractivity contribution >= 4 is 11.9 Å². The molecule has 0 unspecified atom stereocenters. The standard InChI is InChI=1S/C18H18N2O6/c21-17(20-5-3-11(4-6-20)18(22)23)15-16(26-10-19-15)12-1-2-13-14(9-12)25-8-7-24-13/h1-2,9-11H,3-8H2,(H,22,23). The van der Waals surface area contributed by atoms with E-state index in [1.54, 1.807) is 23.1 Å². The molecule has 4 rings (SSSR count). The molecule has 2 aromatic rings. The Balaban J connectivity index is 1.55. The van der Waals surface area contributed by atoms with Crippen LogP contribution in [0.4, 0.5) is 0 Å². The summed E-state index contributed by atoms with van der Waals surface area (Å²) in [6.07, 6.45) is 2.12. The minimum atomic E-state index is -0.810. The monoisotopic (exact) mass is 358 g/mol. The normalized spacial score (nSPS) is 17.2. The Labute approximate surface area is 149 Å². The third-order valence-corrected chi connectivity index (χ3v) is 4.71. The van der Waals surface area contributed by atoms with Crippen LogP contribution >= 0.6 is 0 Å². The van der Waals surface area contributed by atoms with Gasteiger partial charge in [0.2, 0.25) is 0 Å². The van der Waals surface area contributed by atoms with Crippen LogP contribution in [0.5, 0.6) is 11.5 Å². The first kappa shape index (κ1) is 16.4. The fraction of sp³-hybridized carbons (Fsp3) is 0.389. The number of fused-ring (bicyclic) bond motifs is 1. The number of aromatic nitrogens is 1. The first-order valence-corrected chi connectivity index (χ1v) is 8.49. The Morgan fingerprint density at radius 2 is 1.85 bits per heavy atom. The van der Waals surface area contributed by atoms with Gasteiger partial charge in [-0.1, -0.05) is 0 Å². The second-order valence-electron chi connectivity index (χ2n) is 6.29. The molecule has 1 aromatic heterocycles. The topological polar surface area (TPSA) is 102 Å². The summed E-state index contributed by atoms with van der Waals surface area (Å²) in [7, 11) is 0. The second-order valence-corrected chi connectivity index (χ2v) is 6.29. The van der Waals surface area contributed by atoms with Crippen molar-refractivity contribution in [3.05, 3.63) is 30.3 Å². The SMILES string of the molecule is O=C(O)C1CCN(C(=O)c2ncoc2-c2ccc3c(c2)OCCO3)CC1. The number of hydrogen-bond donors (Lipinski definition) is 1. The molecule has 2 aliphatic rings. The highest BCUT2D eigenvalue weighted by Crippen LogP contribution is 2.35. The van der Waals surface area contributed by atoms with Gasteiger partial charge in [-0.3, -0.25) is 9.59 Å². The summed E-state index contributed by atoms with van der Waals surface area (Å²) < 4.78 is 16.5. The zero-order valence-electron chi connectivity index (χ0n) is 14.0. The van der Waals surface area contributed by atoms with Crippen LogP contribution in [0.1, 0.15) is 23.3 Å². The number of nitrogens with zero attached hydrogens (tertiary/aromatic N) is 2. The summed E-state index contributed by atoms with van der Waals surface area (Å²) in [6.45, 7) is 1.76. The predicted octanol–water partition coefficient (Wildman–Crippen LogP) is 2.05. The van der Waals surface area contributed by atoms with Crippen molar-refractivity contribution in [2.75, 3.05) is 26.3 Å². The predicted molar refractivity (Wildman–Crippen MR) is 89.2 cm³/mol. The number of oxazole rings is 1. The Kier molecular flexibility index (Phi) is 4.24. The fourth-order valence-electron chi connectivity index (χ4n) is 3.27. The maximum atomic E-state index is 12.8. The van der Waals surface area contributed by atoms with Gasteiger partial charge < -0.3 is 23.9 Å². The number of amides is 1. The van der Waals surface area contributed by atoms with Gasteiger partial charge in [0.1, 0.15) is 13.2 Å². The van der Waals surface area contributed by atoms with Gasteiger partial charge in [-0.2, -0.15) is 0 Å². The van der Waals surface area contributed by atoms with E-state index in [0.717, 1.165) is 0 Å². The molecule has 0 atom stereocenters. The number of carbonyl (C=O) groups is 2. The van der Waals surface area contributed by atoms with E-state index in [2.05, 4.69) is 4.98 Å². The number of aliphatic carboxylic acids is 1. The molecule has 1 aromatic carbocycles. The van der Waals surface area contributed by atoms with Crippen LogP contribution in [0.3, 0.4) is 0 Å². The molecule has 8 heteroatoms. The Morgan fingerprint density at radius 1 is 1.12 bits per heavy atom. The summed E-state index contributed by atoms with van der Waals surface area (Å²) in [5, 5.41) is 9.08. The molecular weight excluding hydrogens is 340 g/mol. The van der Waals surface area contributed by atoms with Crippen LogP contribution in [0.25, 0.3) is 11.3 Å². The number of likely N-dealkylation sites (tertiary alicyclic amines) is 1. The summed E-state index contributed by atoms with van der Waals surface area (Å²) in [5.74, 6) is 0.165. The van der Waals surface area contributed by atoms with Crippen LogP contribution < -0.4 is 9.47 Å². The molecule has 0 bridgehead atoms. The second kappa shape index (κ2) is 6.70. The summed E-state index contributed by atoms with van der Waals surface area (Å²) >= 11 is 0. The number of rotatable bonds is 3. The van der Waals surface area contributed by atoms with E-state index in [1.165, 1.54) is 6.39 Å². The number of ether oxygens (including phenoxy) is 2. The van der Waals surface area contributed by atoms with Crippen molar-refractivity contribution in [1.82, 2.24) is 9.88 Å². The van der Waals surface area contributed by atoms with Crippen molar-refractivity contribution in [3.8, 4) is 22.8 Å². The Hall–Kier alpha value is -3.03. The van der Waals surface area contributed by atoms with E-state index in [1.807, 2.05) is 0 Å². The smallest absolute Gasteiger partial charge is 0.306 e. The zero-order chi connectivity index (χ0) is 18.1. The van der Waals surface area contributed by atoms with Crippen LogP contribution in [-0.4, -0.2) is 53.2 Å². The minimum absolute atomic E-state index is 0.218. The lowest BCUT2D eigenvalue weighted by Gasteiger charge is -2.29. The van der Waals surface area contributed by atoms with Crippen LogP contribution in [0, 0.1) is 5.92 Å². The van der Waals surface area contributed by atoms with Crippen LogP contribution in [0.2, 0.25) is 0 Å². The van der Waals surface area contributed by atoms with Gasteiger partial charge in [0.05, 0.1) is 5.92 Å². The number of carbonyl (C=O) groups excluding carboxylic acids is 1. The van der Waals surface area contributed by atoms with E-state index in [9.17, 15) is 9.59 Å². The van der Waals surface area contributed by atoms with Crippen molar-refractivity contribution in [3.63, 3.8) is 0 Å². The van der Waals surface area contributed by atoms with Gasteiger partial charge in [0, 0.05) is 18.7 Å². The number of carboxylic acid groups (broad SMARTS) is 1. The molecule has 2 aliphatic heterocycles. The van der Waals surface area contributed by atoms with Crippen LogP contribution in [-0.2, 0) is 4.79 Å². The van der Waals surface area contributed by atoms with Gasteiger partial charge in [-0.05, 0) is 31.0 Å². The van der Waals surface area contributed by atoms with E-state index >= 15 is 0 Å². The highest BCUT2D eigenvalue weighted by molar-refractivity contribution is 5.97. The van der Waals surface area contributed by atoms with Gasteiger partial charge in [0.25, 0.3) is 5.91 Å². The third-order valence-electron chi connectivity index (χ3n) is 4.71. The molecular formula is C18H18N2O6. The molecule has 0 saturated carbocycles. The first-order valence-electron chi connectivity index (χ1n) is 8.49.